The van der Waals surface area contributed by atoms with Crippen LogP contribution in [0.5, 0.6) is 0 Å². The highest BCUT2D eigenvalue weighted by Gasteiger charge is 2.48. The zero-order valence-electron chi connectivity index (χ0n) is 13.4. The summed E-state index contributed by atoms with van der Waals surface area (Å²) in [5.74, 6) is 4.94. The Kier molecular flexibility index (Phi) is 3.95. The van der Waals surface area contributed by atoms with Gasteiger partial charge in [-0.1, -0.05) is 33.6 Å². The van der Waals surface area contributed by atoms with Crippen LogP contribution in [0.15, 0.2) is 0 Å². The minimum Gasteiger partial charge on any atom is -0.300 e. The van der Waals surface area contributed by atoms with Gasteiger partial charge in [0.15, 0.2) is 0 Å². The Balaban J connectivity index is 1.76. The maximum absolute atomic E-state index is 2.74. The molecule has 0 aromatic rings. The number of fused-ring (bicyclic) bond motifs is 2. The van der Waals surface area contributed by atoms with Crippen LogP contribution in [0.2, 0.25) is 0 Å². The molecule has 3 fully saturated rings. The normalized spacial score (nSPS) is 47.8. The first-order valence-corrected chi connectivity index (χ1v) is 8.79. The van der Waals surface area contributed by atoms with Crippen molar-refractivity contribution in [1.29, 1.82) is 0 Å². The molecule has 2 saturated heterocycles. The Morgan fingerprint density at radius 1 is 0.947 bits per heavy atom. The summed E-state index contributed by atoms with van der Waals surface area (Å²) >= 11 is 0. The fraction of sp³-hybridized carbons (Fsp3) is 1.00. The van der Waals surface area contributed by atoms with Crippen molar-refractivity contribution < 1.29 is 0 Å². The second kappa shape index (κ2) is 5.39. The molecule has 2 heterocycles. The van der Waals surface area contributed by atoms with E-state index >= 15 is 0 Å². The predicted octanol–water partition coefficient (Wildman–Crippen LogP) is 4.57. The molecule has 1 nitrogen and oxygen atoms in total. The summed E-state index contributed by atoms with van der Waals surface area (Å²) in [4.78, 5) is 2.74. The van der Waals surface area contributed by atoms with Crippen LogP contribution in [0, 0.1) is 29.6 Å². The first kappa shape index (κ1) is 13.9. The van der Waals surface area contributed by atoms with Crippen LogP contribution >= 0.6 is 0 Å². The lowest BCUT2D eigenvalue weighted by molar-refractivity contribution is -0.0000161. The van der Waals surface area contributed by atoms with Gasteiger partial charge in [0.1, 0.15) is 0 Å². The third kappa shape index (κ3) is 2.48. The predicted molar refractivity (Wildman–Crippen MR) is 82.1 cm³/mol. The molecule has 0 aromatic heterocycles. The lowest BCUT2D eigenvalue weighted by atomic mass is 9.64. The molecule has 1 saturated carbocycles. The van der Waals surface area contributed by atoms with E-state index in [2.05, 4.69) is 32.7 Å². The second-order valence-electron chi connectivity index (χ2n) is 8.20. The molecule has 0 spiro atoms. The van der Waals surface area contributed by atoms with E-state index in [1.807, 2.05) is 0 Å². The highest BCUT2D eigenvalue weighted by molar-refractivity contribution is 5.01. The van der Waals surface area contributed by atoms with E-state index in [0.717, 1.165) is 41.7 Å². The van der Waals surface area contributed by atoms with Gasteiger partial charge in [-0.15, -0.1) is 0 Å². The fourth-order valence-electron chi connectivity index (χ4n) is 5.71. The van der Waals surface area contributed by atoms with Crippen LogP contribution < -0.4 is 0 Å². The van der Waals surface area contributed by atoms with Crippen LogP contribution in [-0.2, 0) is 0 Å². The van der Waals surface area contributed by atoms with E-state index in [1.54, 1.807) is 0 Å². The Morgan fingerprint density at radius 3 is 2.26 bits per heavy atom. The molecule has 2 unspecified atom stereocenters. The molecule has 0 amide bonds. The van der Waals surface area contributed by atoms with Crippen LogP contribution in [-0.4, -0.2) is 24.0 Å². The highest BCUT2D eigenvalue weighted by Crippen LogP contribution is 2.50. The van der Waals surface area contributed by atoms with Gasteiger partial charge < -0.3 is 4.90 Å². The molecular formula is C18H33N. The maximum atomic E-state index is 2.74. The molecule has 110 valence electrons. The molecule has 0 N–H and O–H groups in total. The van der Waals surface area contributed by atoms with Gasteiger partial charge in [-0.2, -0.15) is 0 Å². The van der Waals surface area contributed by atoms with Crippen molar-refractivity contribution in [3.8, 4) is 0 Å². The van der Waals surface area contributed by atoms with E-state index in [0.29, 0.717) is 0 Å². The third-order valence-electron chi connectivity index (χ3n) is 6.81. The van der Waals surface area contributed by atoms with Gasteiger partial charge in [0.25, 0.3) is 0 Å². The smallest absolute Gasteiger partial charge is 0.0129 e. The summed E-state index contributed by atoms with van der Waals surface area (Å²) < 4.78 is 0. The maximum Gasteiger partial charge on any atom is 0.0129 e. The lowest BCUT2D eigenvalue weighted by Crippen LogP contribution is -2.50. The average molecular weight is 263 g/mol. The molecule has 0 radical (unpaired) electrons. The van der Waals surface area contributed by atoms with E-state index in [-0.39, 0.29) is 0 Å². The second-order valence-corrected chi connectivity index (χ2v) is 8.20. The molecular weight excluding hydrogens is 230 g/mol. The molecule has 1 aliphatic carbocycles. The number of rotatable bonds is 2. The lowest BCUT2D eigenvalue weighted by Gasteiger charge is -2.49. The Morgan fingerprint density at radius 2 is 1.63 bits per heavy atom. The quantitative estimate of drug-likeness (QED) is 0.705. The van der Waals surface area contributed by atoms with Crippen molar-refractivity contribution in [1.82, 2.24) is 4.90 Å². The molecule has 4 atom stereocenters. The molecule has 3 rings (SSSR count). The largest absolute Gasteiger partial charge is 0.300 e. The standard InChI is InChI=1S/C18H33N/c1-12(2)18-16(14-7-5-13(3)6-8-14)11-15-9-10-17(18)19(15)4/h12-18H,5-11H2,1-4H3/t13?,14?,15-,16-,17?,18?/m1/s1. The Bertz CT molecular complexity index is 303. The van der Waals surface area contributed by atoms with Gasteiger partial charge in [-0.25, -0.2) is 0 Å². The van der Waals surface area contributed by atoms with Crippen molar-refractivity contribution in [2.45, 2.75) is 77.8 Å². The van der Waals surface area contributed by atoms with Crippen LogP contribution in [0.25, 0.3) is 0 Å². The van der Waals surface area contributed by atoms with Gasteiger partial charge in [-0.05, 0) is 68.7 Å². The zero-order valence-corrected chi connectivity index (χ0v) is 13.4. The van der Waals surface area contributed by atoms with Gasteiger partial charge >= 0.3 is 0 Å². The van der Waals surface area contributed by atoms with E-state index in [4.69, 9.17) is 0 Å². The van der Waals surface area contributed by atoms with Crippen molar-refractivity contribution >= 4 is 0 Å². The molecule has 3 aliphatic rings. The summed E-state index contributed by atoms with van der Waals surface area (Å²) in [7, 11) is 2.40. The molecule has 1 heteroatoms. The fourth-order valence-corrected chi connectivity index (χ4v) is 5.71. The first-order chi connectivity index (χ1) is 9.08. The Labute approximate surface area is 120 Å². The monoisotopic (exact) mass is 263 g/mol. The molecule has 19 heavy (non-hydrogen) atoms. The zero-order chi connectivity index (χ0) is 13.6. The van der Waals surface area contributed by atoms with Gasteiger partial charge in [-0.3, -0.25) is 0 Å². The van der Waals surface area contributed by atoms with Crippen molar-refractivity contribution in [2.24, 2.45) is 29.6 Å². The van der Waals surface area contributed by atoms with E-state index in [1.165, 1.54) is 44.9 Å². The van der Waals surface area contributed by atoms with Gasteiger partial charge in [0.05, 0.1) is 0 Å². The Hall–Kier alpha value is -0.0400. The first-order valence-electron chi connectivity index (χ1n) is 8.79. The van der Waals surface area contributed by atoms with Crippen molar-refractivity contribution in [2.75, 3.05) is 7.05 Å². The van der Waals surface area contributed by atoms with Gasteiger partial charge in [0.2, 0.25) is 0 Å². The number of piperidine rings is 1. The van der Waals surface area contributed by atoms with Crippen LogP contribution in [0.4, 0.5) is 0 Å². The minimum absolute atomic E-state index is 0.871. The highest BCUT2D eigenvalue weighted by atomic mass is 15.2. The third-order valence-corrected chi connectivity index (χ3v) is 6.81. The molecule has 0 aromatic carbocycles. The van der Waals surface area contributed by atoms with Crippen LogP contribution in [0.3, 0.4) is 0 Å². The number of nitrogens with zero attached hydrogens (tertiary/aromatic N) is 1. The SMILES string of the molecule is CC1CCC([C@H]2C[C@H]3CCC(C2C(C)C)N3C)CC1. The van der Waals surface area contributed by atoms with Gasteiger partial charge in [0, 0.05) is 12.1 Å². The summed E-state index contributed by atoms with van der Waals surface area (Å²) in [5.41, 5.74) is 0. The number of hydrogen-bond donors (Lipinski definition) is 0. The summed E-state index contributed by atoms with van der Waals surface area (Å²) in [5, 5.41) is 0. The van der Waals surface area contributed by atoms with Crippen molar-refractivity contribution in [3.63, 3.8) is 0 Å². The molecule has 2 aliphatic heterocycles. The van der Waals surface area contributed by atoms with Crippen LogP contribution in [0.1, 0.15) is 65.7 Å². The van der Waals surface area contributed by atoms with Crippen molar-refractivity contribution in [3.05, 3.63) is 0 Å². The minimum atomic E-state index is 0.871. The summed E-state index contributed by atoms with van der Waals surface area (Å²) in [6.45, 7) is 7.42. The summed E-state index contributed by atoms with van der Waals surface area (Å²) in [6.07, 6.45) is 10.5. The average Bonchev–Trinajstić information content (AvgIpc) is 2.63. The summed E-state index contributed by atoms with van der Waals surface area (Å²) in [6, 6.07) is 1.83. The molecule has 2 bridgehead atoms. The van der Waals surface area contributed by atoms with E-state index in [9.17, 15) is 0 Å². The topological polar surface area (TPSA) is 3.24 Å². The van der Waals surface area contributed by atoms with E-state index < -0.39 is 0 Å². The number of hydrogen-bond acceptors (Lipinski definition) is 1.